The Hall–Kier alpha value is -2.90. The number of furan rings is 1. The molecule has 2 rings (SSSR count). The van der Waals surface area contributed by atoms with Gasteiger partial charge < -0.3 is 10.2 Å². The monoisotopic (exact) mass is 261 g/mol. The van der Waals surface area contributed by atoms with Gasteiger partial charge in [-0.2, -0.15) is 4.98 Å². The Morgan fingerprint density at radius 1 is 1.47 bits per heavy atom. The van der Waals surface area contributed by atoms with Crippen LogP contribution < -0.4 is 16.6 Å². The van der Waals surface area contributed by atoms with Gasteiger partial charge in [0.25, 0.3) is 0 Å². The minimum absolute atomic E-state index is 0.00199. The van der Waals surface area contributed by atoms with Crippen molar-refractivity contribution in [3.63, 3.8) is 0 Å². The summed E-state index contributed by atoms with van der Waals surface area (Å²) in [4.78, 5) is 30.2. The molecule has 0 saturated heterocycles. The molecule has 8 heteroatoms. The second-order valence-corrected chi connectivity index (χ2v) is 3.60. The number of carbonyl (C=O) groups is 2. The van der Waals surface area contributed by atoms with Crippen LogP contribution in [0.25, 0.3) is 0 Å². The Bertz CT molecular complexity index is 609. The van der Waals surface area contributed by atoms with E-state index in [4.69, 9.17) is 10.2 Å². The molecule has 0 atom stereocenters. The number of nitrogens with zero attached hydrogens (tertiary/aromatic N) is 2. The van der Waals surface area contributed by atoms with E-state index in [1.807, 2.05) is 0 Å². The van der Waals surface area contributed by atoms with Crippen LogP contribution in [0.1, 0.15) is 26.6 Å². The highest BCUT2D eigenvalue weighted by Crippen LogP contribution is 2.14. The first-order valence-corrected chi connectivity index (χ1v) is 5.31. The standard InChI is InChI=1S/C11H11N5O3/c1-6-7(5-17)9(14-11(12)13-6)15-16-10(18)8-3-2-4-19-8/h2-5H,1H3,(H,16,18)(H3,12,13,14,15). The lowest BCUT2D eigenvalue weighted by molar-refractivity contribution is 0.0934. The number of amides is 1. The average molecular weight is 261 g/mol. The van der Waals surface area contributed by atoms with Gasteiger partial charge in [-0.3, -0.25) is 20.4 Å². The maximum atomic E-state index is 11.6. The Labute approximate surface area is 108 Å². The van der Waals surface area contributed by atoms with Crippen LogP contribution in [0.15, 0.2) is 22.8 Å². The molecule has 0 fully saturated rings. The zero-order chi connectivity index (χ0) is 13.8. The first-order valence-electron chi connectivity index (χ1n) is 5.31. The van der Waals surface area contributed by atoms with E-state index in [-0.39, 0.29) is 23.1 Å². The molecule has 0 aliphatic carbocycles. The molecule has 1 amide bonds. The molecule has 0 aliphatic rings. The fraction of sp³-hybridized carbons (Fsp3) is 0.0909. The maximum Gasteiger partial charge on any atom is 0.305 e. The molecule has 0 aliphatic heterocycles. The summed E-state index contributed by atoms with van der Waals surface area (Å²) in [7, 11) is 0. The van der Waals surface area contributed by atoms with E-state index in [0.29, 0.717) is 12.0 Å². The number of hydrogen-bond acceptors (Lipinski definition) is 7. The van der Waals surface area contributed by atoms with E-state index in [1.54, 1.807) is 13.0 Å². The highest BCUT2D eigenvalue weighted by molar-refractivity contribution is 5.93. The summed E-state index contributed by atoms with van der Waals surface area (Å²) < 4.78 is 4.91. The Morgan fingerprint density at radius 3 is 2.89 bits per heavy atom. The Kier molecular flexibility index (Phi) is 3.42. The van der Waals surface area contributed by atoms with Crippen molar-refractivity contribution in [2.24, 2.45) is 0 Å². The Morgan fingerprint density at radius 2 is 2.26 bits per heavy atom. The van der Waals surface area contributed by atoms with Crippen molar-refractivity contribution in [1.29, 1.82) is 0 Å². The molecule has 19 heavy (non-hydrogen) atoms. The number of hydrazine groups is 1. The minimum Gasteiger partial charge on any atom is -0.459 e. The summed E-state index contributed by atoms with van der Waals surface area (Å²) in [6, 6.07) is 3.08. The average Bonchev–Trinajstić information content (AvgIpc) is 2.89. The van der Waals surface area contributed by atoms with Gasteiger partial charge in [-0.1, -0.05) is 0 Å². The molecule has 0 unspecified atom stereocenters. The van der Waals surface area contributed by atoms with E-state index in [1.165, 1.54) is 12.3 Å². The molecule has 0 saturated carbocycles. The predicted octanol–water partition coefficient (Wildman–Crippen LogP) is 0.530. The summed E-state index contributed by atoms with van der Waals surface area (Å²) in [5.41, 5.74) is 11.0. The van der Waals surface area contributed by atoms with Crippen molar-refractivity contribution in [2.75, 3.05) is 11.2 Å². The van der Waals surface area contributed by atoms with Gasteiger partial charge in [-0.15, -0.1) is 0 Å². The fourth-order valence-electron chi connectivity index (χ4n) is 1.42. The van der Waals surface area contributed by atoms with Gasteiger partial charge in [0.2, 0.25) is 5.95 Å². The first kappa shape index (κ1) is 12.6. The highest BCUT2D eigenvalue weighted by atomic mass is 16.3. The SMILES string of the molecule is Cc1nc(N)nc(NNC(=O)c2ccco2)c1C=O. The van der Waals surface area contributed by atoms with E-state index < -0.39 is 5.91 Å². The van der Waals surface area contributed by atoms with Crippen LogP contribution in [-0.2, 0) is 0 Å². The smallest absolute Gasteiger partial charge is 0.305 e. The lowest BCUT2D eigenvalue weighted by Crippen LogP contribution is -2.30. The summed E-state index contributed by atoms with van der Waals surface area (Å²) >= 11 is 0. The van der Waals surface area contributed by atoms with Crippen molar-refractivity contribution >= 4 is 24.0 Å². The second-order valence-electron chi connectivity index (χ2n) is 3.60. The van der Waals surface area contributed by atoms with Gasteiger partial charge in [-0.05, 0) is 19.1 Å². The number of rotatable bonds is 4. The van der Waals surface area contributed by atoms with E-state index in [0.717, 1.165) is 0 Å². The Balaban J connectivity index is 2.15. The number of anilines is 2. The normalized spacial score (nSPS) is 9.95. The molecule has 2 aromatic rings. The van der Waals surface area contributed by atoms with Gasteiger partial charge in [-0.25, -0.2) is 4.98 Å². The zero-order valence-corrected chi connectivity index (χ0v) is 10.0. The maximum absolute atomic E-state index is 11.6. The van der Waals surface area contributed by atoms with Crippen molar-refractivity contribution < 1.29 is 14.0 Å². The van der Waals surface area contributed by atoms with Crippen LogP contribution in [0.3, 0.4) is 0 Å². The van der Waals surface area contributed by atoms with E-state index in [9.17, 15) is 9.59 Å². The van der Waals surface area contributed by atoms with Crippen LogP contribution in [0.4, 0.5) is 11.8 Å². The molecule has 4 N–H and O–H groups in total. The van der Waals surface area contributed by atoms with Gasteiger partial charge in [0.1, 0.15) is 0 Å². The van der Waals surface area contributed by atoms with Gasteiger partial charge in [0, 0.05) is 0 Å². The molecule has 0 bridgehead atoms. The third kappa shape index (κ3) is 2.68. The molecule has 2 heterocycles. The van der Waals surface area contributed by atoms with Crippen molar-refractivity contribution in [3.8, 4) is 0 Å². The summed E-state index contributed by atoms with van der Waals surface area (Å²) in [5.74, 6) is -0.256. The molecule has 0 spiro atoms. The number of hydrogen-bond donors (Lipinski definition) is 3. The molecule has 8 nitrogen and oxygen atoms in total. The molecule has 0 radical (unpaired) electrons. The minimum atomic E-state index is -0.503. The third-order valence-corrected chi connectivity index (χ3v) is 2.31. The zero-order valence-electron chi connectivity index (χ0n) is 10.0. The predicted molar refractivity (Wildman–Crippen MR) is 66.4 cm³/mol. The largest absolute Gasteiger partial charge is 0.459 e. The number of nitrogens with one attached hydrogen (secondary N) is 2. The quantitative estimate of drug-likeness (QED) is 0.541. The topological polar surface area (TPSA) is 123 Å². The summed E-state index contributed by atoms with van der Waals surface area (Å²) in [6.07, 6.45) is 1.95. The van der Waals surface area contributed by atoms with Crippen LogP contribution in [0.5, 0.6) is 0 Å². The van der Waals surface area contributed by atoms with E-state index >= 15 is 0 Å². The molecule has 2 aromatic heterocycles. The molecular formula is C11H11N5O3. The molecule has 0 aromatic carbocycles. The lowest BCUT2D eigenvalue weighted by atomic mass is 10.2. The van der Waals surface area contributed by atoms with Crippen LogP contribution >= 0.6 is 0 Å². The van der Waals surface area contributed by atoms with Crippen molar-refractivity contribution in [3.05, 3.63) is 35.4 Å². The number of aldehydes is 1. The number of nitrogens with two attached hydrogens (primary N) is 1. The van der Waals surface area contributed by atoms with Gasteiger partial charge >= 0.3 is 5.91 Å². The summed E-state index contributed by atoms with van der Waals surface area (Å²) in [5, 5.41) is 0. The van der Waals surface area contributed by atoms with Crippen LogP contribution in [0, 0.1) is 6.92 Å². The van der Waals surface area contributed by atoms with Gasteiger partial charge in [0.05, 0.1) is 17.5 Å². The van der Waals surface area contributed by atoms with Crippen LogP contribution in [0.2, 0.25) is 0 Å². The summed E-state index contributed by atoms with van der Waals surface area (Å²) in [6.45, 7) is 1.61. The highest BCUT2D eigenvalue weighted by Gasteiger charge is 2.12. The number of carbonyl (C=O) groups excluding carboxylic acids is 2. The van der Waals surface area contributed by atoms with Crippen molar-refractivity contribution in [2.45, 2.75) is 6.92 Å². The first-order chi connectivity index (χ1) is 9.11. The lowest BCUT2D eigenvalue weighted by Gasteiger charge is -2.10. The van der Waals surface area contributed by atoms with Crippen molar-refractivity contribution in [1.82, 2.24) is 15.4 Å². The van der Waals surface area contributed by atoms with E-state index in [2.05, 4.69) is 20.8 Å². The third-order valence-electron chi connectivity index (χ3n) is 2.31. The van der Waals surface area contributed by atoms with Crippen LogP contribution in [-0.4, -0.2) is 22.2 Å². The number of aryl methyl sites for hydroxylation is 1. The molecular weight excluding hydrogens is 250 g/mol. The number of aromatic nitrogens is 2. The molecule has 98 valence electrons. The second kappa shape index (κ2) is 5.17. The fourth-order valence-corrected chi connectivity index (χ4v) is 1.42. The van der Waals surface area contributed by atoms with Gasteiger partial charge in [0.15, 0.2) is 17.9 Å². The number of nitrogen functional groups attached to an aromatic ring is 1.